The largest absolute Gasteiger partial charge is 0.507 e. The predicted octanol–water partition coefficient (Wildman–Crippen LogP) is 3.41. The summed E-state index contributed by atoms with van der Waals surface area (Å²) in [6, 6.07) is 15.2. The molecule has 0 bridgehead atoms. The van der Waals surface area contributed by atoms with Gasteiger partial charge in [0, 0.05) is 19.8 Å². The monoisotopic (exact) mass is 306 g/mol. The Morgan fingerprint density at radius 2 is 1.74 bits per heavy atom. The molecule has 3 aromatic rings. The number of aromatic hydroxyl groups is 1. The van der Waals surface area contributed by atoms with Crippen LogP contribution < -0.4 is 4.90 Å². The molecule has 2 aromatic carbocycles. The van der Waals surface area contributed by atoms with E-state index in [2.05, 4.69) is 32.2 Å². The van der Waals surface area contributed by atoms with Gasteiger partial charge in [0.1, 0.15) is 11.6 Å². The third-order valence-electron chi connectivity index (χ3n) is 3.49. The van der Waals surface area contributed by atoms with Crippen LogP contribution in [0.25, 0.3) is 23.5 Å². The quantitative estimate of drug-likeness (QED) is 0.775. The SMILES string of the molecule is CN(C)c1ccc(/C=C\c2nc(-c3ccccc3O)n[nH]2)cc1. The molecule has 116 valence electrons. The molecule has 0 saturated heterocycles. The van der Waals surface area contributed by atoms with E-state index in [-0.39, 0.29) is 5.75 Å². The summed E-state index contributed by atoms with van der Waals surface area (Å²) in [6.45, 7) is 0. The summed E-state index contributed by atoms with van der Waals surface area (Å²) in [4.78, 5) is 6.44. The van der Waals surface area contributed by atoms with Crippen molar-refractivity contribution in [3.05, 3.63) is 59.9 Å². The number of hydrogen-bond donors (Lipinski definition) is 2. The van der Waals surface area contributed by atoms with Gasteiger partial charge < -0.3 is 10.0 Å². The molecule has 3 rings (SSSR count). The lowest BCUT2D eigenvalue weighted by Gasteiger charge is -2.11. The topological polar surface area (TPSA) is 65.0 Å². The van der Waals surface area contributed by atoms with E-state index >= 15 is 0 Å². The lowest BCUT2D eigenvalue weighted by atomic mass is 10.2. The number of nitrogens with one attached hydrogen (secondary N) is 1. The molecule has 5 heteroatoms. The summed E-state index contributed by atoms with van der Waals surface area (Å²) in [6.07, 6.45) is 3.83. The standard InChI is InChI=1S/C18H18N4O/c1-22(2)14-10-7-13(8-11-14)9-12-17-19-18(21-20-17)15-5-3-4-6-16(15)23/h3-12,23H,1-2H3,(H,19,20,21)/b12-9-. The van der Waals surface area contributed by atoms with Crippen LogP contribution in [0, 0.1) is 0 Å². The van der Waals surface area contributed by atoms with Crippen molar-refractivity contribution in [3.63, 3.8) is 0 Å². The Morgan fingerprint density at radius 3 is 2.43 bits per heavy atom. The number of benzene rings is 2. The van der Waals surface area contributed by atoms with Crippen molar-refractivity contribution in [1.29, 1.82) is 0 Å². The lowest BCUT2D eigenvalue weighted by molar-refractivity contribution is 0.477. The van der Waals surface area contributed by atoms with Gasteiger partial charge in [0.2, 0.25) is 0 Å². The highest BCUT2D eigenvalue weighted by Crippen LogP contribution is 2.25. The zero-order chi connectivity index (χ0) is 16.2. The first-order chi connectivity index (χ1) is 11.1. The molecule has 23 heavy (non-hydrogen) atoms. The van der Waals surface area contributed by atoms with Gasteiger partial charge in [-0.1, -0.05) is 30.3 Å². The van der Waals surface area contributed by atoms with Crippen molar-refractivity contribution in [2.45, 2.75) is 0 Å². The molecule has 1 aromatic heterocycles. The minimum atomic E-state index is 0.168. The van der Waals surface area contributed by atoms with E-state index < -0.39 is 0 Å². The maximum atomic E-state index is 9.84. The smallest absolute Gasteiger partial charge is 0.185 e. The van der Waals surface area contributed by atoms with Crippen LogP contribution in [0.2, 0.25) is 0 Å². The highest BCUT2D eigenvalue weighted by Gasteiger charge is 2.08. The number of phenols is 1. The minimum Gasteiger partial charge on any atom is -0.507 e. The fraction of sp³-hybridized carbons (Fsp3) is 0.111. The van der Waals surface area contributed by atoms with E-state index in [4.69, 9.17) is 0 Å². The number of nitrogens with zero attached hydrogens (tertiary/aromatic N) is 3. The summed E-state index contributed by atoms with van der Waals surface area (Å²) >= 11 is 0. The zero-order valence-corrected chi connectivity index (χ0v) is 13.1. The second kappa shape index (κ2) is 6.36. The molecule has 0 saturated carbocycles. The number of hydrogen-bond acceptors (Lipinski definition) is 4. The predicted molar refractivity (Wildman–Crippen MR) is 93.2 cm³/mol. The Kier molecular flexibility index (Phi) is 4.10. The van der Waals surface area contributed by atoms with E-state index in [9.17, 15) is 5.11 Å². The minimum absolute atomic E-state index is 0.168. The van der Waals surface area contributed by atoms with Gasteiger partial charge in [-0.2, -0.15) is 5.10 Å². The van der Waals surface area contributed by atoms with E-state index in [1.54, 1.807) is 18.2 Å². The maximum absolute atomic E-state index is 9.84. The third-order valence-corrected chi connectivity index (χ3v) is 3.49. The molecule has 0 amide bonds. The number of H-pyrrole nitrogens is 1. The van der Waals surface area contributed by atoms with E-state index in [0.29, 0.717) is 17.2 Å². The molecule has 0 aliphatic carbocycles. The van der Waals surface area contributed by atoms with Crippen molar-refractivity contribution >= 4 is 17.8 Å². The fourth-order valence-corrected chi connectivity index (χ4v) is 2.19. The van der Waals surface area contributed by atoms with Gasteiger partial charge in [-0.25, -0.2) is 4.98 Å². The van der Waals surface area contributed by atoms with Gasteiger partial charge in [-0.05, 0) is 35.9 Å². The number of anilines is 1. The fourth-order valence-electron chi connectivity index (χ4n) is 2.19. The Balaban J connectivity index is 1.77. The summed E-state index contributed by atoms with van der Waals surface area (Å²) in [5, 5.41) is 16.8. The van der Waals surface area contributed by atoms with Gasteiger partial charge in [0.25, 0.3) is 0 Å². The van der Waals surface area contributed by atoms with Crippen LogP contribution >= 0.6 is 0 Å². The van der Waals surface area contributed by atoms with Crippen LogP contribution in [0.3, 0.4) is 0 Å². The Bertz CT molecular complexity index is 819. The summed E-state index contributed by atoms with van der Waals surface area (Å²) in [7, 11) is 4.03. The average Bonchev–Trinajstić information content (AvgIpc) is 3.02. The average molecular weight is 306 g/mol. The van der Waals surface area contributed by atoms with Gasteiger partial charge in [-0.15, -0.1) is 0 Å². The molecule has 0 unspecified atom stereocenters. The van der Waals surface area contributed by atoms with Crippen molar-refractivity contribution < 1.29 is 5.11 Å². The molecule has 1 heterocycles. The molecule has 5 nitrogen and oxygen atoms in total. The Morgan fingerprint density at radius 1 is 1.00 bits per heavy atom. The normalized spacial score (nSPS) is 11.0. The highest BCUT2D eigenvalue weighted by atomic mass is 16.3. The van der Waals surface area contributed by atoms with Crippen LogP contribution in [0.15, 0.2) is 48.5 Å². The first-order valence-corrected chi connectivity index (χ1v) is 7.30. The number of aromatic nitrogens is 3. The van der Waals surface area contributed by atoms with Crippen molar-refractivity contribution in [1.82, 2.24) is 15.2 Å². The molecule has 0 radical (unpaired) electrons. The second-order valence-electron chi connectivity index (χ2n) is 5.38. The first-order valence-electron chi connectivity index (χ1n) is 7.30. The second-order valence-corrected chi connectivity index (χ2v) is 5.38. The van der Waals surface area contributed by atoms with E-state index in [0.717, 1.165) is 11.3 Å². The van der Waals surface area contributed by atoms with Crippen LogP contribution in [0.1, 0.15) is 11.4 Å². The molecular weight excluding hydrogens is 288 g/mol. The summed E-state index contributed by atoms with van der Waals surface area (Å²) < 4.78 is 0. The Labute approximate surface area is 134 Å². The molecule has 0 fully saturated rings. The zero-order valence-electron chi connectivity index (χ0n) is 13.1. The molecule has 0 spiro atoms. The first kappa shape index (κ1) is 14.8. The maximum Gasteiger partial charge on any atom is 0.185 e. The summed E-state index contributed by atoms with van der Waals surface area (Å²) in [5.74, 6) is 1.28. The van der Waals surface area contributed by atoms with E-state index in [1.165, 1.54) is 0 Å². The lowest BCUT2D eigenvalue weighted by Crippen LogP contribution is -2.07. The molecule has 2 N–H and O–H groups in total. The Hall–Kier alpha value is -3.08. The van der Waals surface area contributed by atoms with Crippen molar-refractivity contribution in [2.24, 2.45) is 0 Å². The highest BCUT2D eigenvalue weighted by molar-refractivity contribution is 5.69. The number of aromatic amines is 1. The van der Waals surface area contributed by atoms with Crippen LogP contribution in [0.5, 0.6) is 5.75 Å². The van der Waals surface area contributed by atoms with Crippen LogP contribution in [-0.4, -0.2) is 34.4 Å². The number of rotatable bonds is 4. The third kappa shape index (κ3) is 3.40. The van der Waals surface area contributed by atoms with Gasteiger partial charge in [-0.3, -0.25) is 5.10 Å². The van der Waals surface area contributed by atoms with Crippen LogP contribution in [0.4, 0.5) is 5.69 Å². The van der Waals surface area contributed by atoms with Gasteiger partial charge >= 0.3 is 0 Å². The van der Waals surface area contributed by atoms with E-state index in [1.807, 2.05) is 44.4 Å². The number of para-hydroxylation sites is 1. The van der Waals surface area contributed by atoms with Gasteiger partial charge in [0.15, 0.2) is 5.82 Å². The molecule has 0 aliphatic heterocycles. The summed E-state index contributed by atoms with van der Waals surface area (Å²) in [5.41, 5.74) is 2.85. The van der Waals surface area contributed by atoms with Crippen molar-refractivity contribution in [2.75, 3.05) is 19.0 Å². The molecular formula is C18H18N4O. The van der Waals surface area contributed by atoms with Crippen molar-refractivity contribution in [3.8, 4) is 17.1 Å². The number of phenolic OH excluding ortho intramolecular Hbond substituents is 1. The molecule has 0 atom stereocenters. The van der Waals surface area contributed by atoms with Gasteiger partial charge in [0.05, 0.1) is 5.56 Å². The molecule has 0 aliphatic rings. The van der Waals surface area contributed by atoms with Crippen LogP contribution in [-0.2, 0) is 0 Å².